The van der Waals surface area contributed by atoms with E-state index in [1.807, 2.05) is 0 Å². The van der Waals surface area contributed by atoms with Gasteiger partial charge < -0.3 is 10.2 Å². The van der Waals surface area contributed by atoms with Crippen LogP contribution in [0.3, 0.4) is 0 Å². The number of rotatable bonds is 10. The van der Waals surface area contributed by atoms with Crippen LogP contribution in [0.25, 0.3) is 0 Å². The minimum atomic E-state index is 0.666. The first-order valence-electron chi connectivity index (χ1n) is 8.28. The zero-order valence-corrected chi connectivity index (χ0v) is 12.7. The molecule has 1 heterocycles. The molecular weight excluding hydrogens is 220 g/mol. The van der Waals surface area contributed by atoms with Gasteiger partial charge in [0.15, 0.2) is 0 Å². The van der Waals surface area contributed by atoms with Crippen LogP contribution in [0, 0.1) is 0 Å². The summed E-state index contributed by atoms with van der Waals surface area (Å²) in [5.41, 5.74) is 0. The molecule has 1 rings (SSSR count). The highest BCUT2D eigenvalue weighted by molar-refractivity contribution is 4.71. The Hall–Kier alpha value is -0.0800. The van der Waals surface area contributed by atoms with E-state index >= 15 is 0 Å². The van der Waals surface area contributed by atoms with Gasteiger partial charge >= 0.3 is 0 Å². The summed E-state index contributed by atoms with van der Waals surface area (Å²) in [5, 5.41) is 3.68. The standard InChI is InChI=1S/C16H34N2/c1-3-4-5-6-7-9-12-17-16(2)15-18-13-10-8-11-14-18/h16-17H,3-15H2,1-2H3. The summed E-state index contributed by atoms with van der Waals surface area (Å²) in [6.45, 7) is 9.72. The van der Waals surface area contributed by atoms with E-state index in [1.54, 1.807) is 0 Å². The Morgan fingerprint density at radius 2 is 1.61 bits per heavy atom. The molecule has 0 aromatic rings. The molecule has 0 aromatic carbocycles. The molecule has 0 aromatic heterocycles. The highest BCUT2D eigenvalue weighted by atomic mass is 15.1. The first kappa shape index (κ1) is 16.0. The average molecular weight is 254 g/mol. The highest BCUT2D eigenvalue weighted by Gasteiger charge is 2.12. The molecule has 1 N–H and O–H groups in total. The van der Waals surface area contributed by atoms with Crippen molar-refractivity contribution in [3.63, 3.8) is 0 Å². The maximum atomic E-state index is 3.68. The normalized spacial score (nSPS) is 19.0. The molecule has 0 aliphatic carbocycles. The molecule has 0 bridgehead atoms. The van der Waals surface area contributed by atoms with E-state index in [0.29, 0.717) is 6.04 Å². The largest absolute Gasteiger partial charge is 0.313 e. The van der Waals surface area contributed by atoms with Crippen LogP contribution in [0.2, 0.25) is 0 Å². The van der Waals surface area contributed by atoms with Crippen LogP contribution >= 0.6 is 0 Å². The fraction of sp³-hybridized carbons (Fsp3) is 1.00. The third-order valence-corrected chi connectivity index (χ3v) is 4.00. The van der Waals surface area contributed by atoms with E-state index in [9.17, 15) is 0 Å². The number of hydrogen-bond donors (Lipinski definition) is 1. The molecule has 1 unspecified atom stereocenters. The van der Waals surface area contributed by atoms with Gasteiger partial charge in [0.2, 0.25) is 0 Å². The fourth-order valence-corrected chi connectivity index (χ4v) is 2.85. The molecular formula is C16H34N2. The lowest BCUT2D eigenvalue weighted by Crippen LogP contribution is -2.41. The first-order chi connectivity index (χ1) is 8.83. The fourth-order valence-electron chi connectivity index (χ4n) is 2.85. The monoisotopic (exact) mass is 254 g/mol. The lowest BCUT2D eigenvalue weighted by molar-refractivity contribution is 0.209. The molecule has 2 heteroatoms. The Morgan fingerprint density at radius 3 is 2.33 bits per heavy atom. The number of likely N-dealkylation sites (tertiary alicyclic amines) is 1. The van der Waals surface area contributed by atoms with Crippen molar-refractivity contribution >= 4 is 0 Å². The van der Waals surface area contributed by atoms with Gasteiger partial charge in [-0.3, -0.25) is 0 Å². The lowest BCUT2D eigenvalue weighted by atomic mass is 10.1. The van der Waals surface area contributed by atoms with Gasteiger partial charge in [0.1, 0.15) is 0 Å². The molecule has 108 valence electrons. The molecule has 0 saturated carbocycles. The Bertz CT molecular complexity index is 176. The molecule has 1 aliphatic heterocycles. The van der Waals surface area contributed by atoms with Crippen molar-refractivity contribution < 1.29 is 0 Å². The predicted molar refractivity (Wildman–Crippen MR) is 81.1 cm³/mol. The van der Waals surface area contributed by atoms with Crippen molar-refractivity contribution in [1.29, 1.82) is 0 Å². The van der Waals surface area contributed by atoms with Crippen molar-refractivity contribution in [1.82, 2.24) is 10.2 Å². The van der Waals surface area contributed by atoms with Crippen LogP contribution in [-0.4, -0.2) is 37.1 Å². The summed E-state index contributed by atoms with van der Waals surface area (Å²) in [6.07, 6.45) is 12.6. The second kappa shape index (κ2) is 10.8. The molecule has 1 aliphatic rings. The molecule has 18 heavy (non-hydrogen) atoms. The van der Waals surface area contributed by atoms with Gasteiger partial charge in [0, 0.05) is 12.6 Å². The van der Waals surface area contributed by atoms with E-state index in [2.05, 4.69) is 24.1 Å². The molecule has 1 atom stereocenters. The number of nitrogens with zero attached hydrogens (tertiary/aromatic N) is 1. The zero-order chi connectivity index (χ0) is 13.1. The molecule has 0 amide bonds. The van der Waals surface area contributed by atoms with Gasteiger partial charge in [-0.2, -0.15) is 0 Å². The van der Waals surface area contributed by atoms with Crippen molar-refractivity contribution in [2.45, 2.75) is 77.7 Å². The molecule has 0 spiro atoms. The molecule has 1 saturated heterocycles. The third-order valence-electron chi connectivity index (χ3n) is 4.00. The SMILES string of the molecule is CCCCCCCCNC(C)CN1CCCCC1. The minimum absolute atomic E-state index is 0.666. The molecule has 2 nitrogen and oxygen atoms in total. The first-order valence-corrected chi connectivity index (χ1v) is 8.28. The van der Waals surface area contributed by atoms with Crippen LogP contribution < -0.4 is 5.32 Å². The van der Waals surface area contributed by atoms with Crippen molar-refractivity contribution in [2.75, 3.05) is 26.2 Å². The van der Waals surface area contributed by atoms with Gasteiger partial charge in [-0.15, -0.1) is 0 Å². The summed E-state index contributed by atoms with van der Waals surface area (Å²) >= 11 is 0. The van der Waals surface area contributed by atoms with Crippen LogP contribution in [0.1, 0.15) is 71.6 Å². The molecule has 1 fully saturated rings. The Kier molecular flexibility index (Phi) is 9.59. The van der Waals surface area contributed by atoms with Crippen LogP contribution in [0.4, 0.5) is 0 Å². The summed E-state index contributed by atoms with van der Waals surface area (Å²) in [5.74, 6) is 0. The van der Waals surface area contributed by atoms with Crippen molar-refractivity contribution in [3.05, 3.63) is 0 Å². The van der Waals surface area contributed by atoms with Gasteiger partial charge in [-0.25, -0.2) is 0 Å². The van der Waals surface area contributed by atoms with E-state index in [0.717, 1.165) is 0 Å². The van der Waals surface area contributed by atoms with Crippen LogP contribution in [0.15, 0.2) is 0 Å². The summed E-state index contributed by atoms with van der Waals surface area (Å²) in [6, 6.07) is 0.666. The third kappa shape index (κ3) is 8.10. The maximum absolute atomic E-state index is 3.68. The van der Waals surface area contributed by atoms with Crippen LogP contribution in [0.5, 0.6) is 0 Å². The van der Waals surface area contributed by atoms with Gasteiger partial charge in [-0.1, -0.05) is 45.4 Å². The summed E-state index contributed by atoms with van der Waals surface area (Å²) in [4.78, 5) is 2.63. The van der Waals surface area contributed by atoms with Gasteiger partial charge in [0.05, 0.1) is 0 Å². The minimum Gasteiger partial charge on any atom is -0.313 e. The predicted octanol–water partition coefficient (Wildman–Crippen LogP) is 3.81. The summed E-state index contributed by atoms with van der Waals surface area (Å²) in [7, 11) is 0. The number of hydrogen-bond acceptors (Lipinski definition) is 2. The Labute approximate surface area is 115 Å². The smallest absolute Gasteiger partial charge is 0.0166 e. The lowest BCUT2D eigenvalue weighted by Gasteiger charge is -2.29. The Morgan fingerprint density at radius 1 is 0.944 bits per heavy atom. The van der Waals surface area contributed by atoms with Crippen molar-refractivity contribution in [2.24, 2.45) is 0 Å². The Balaban J connectivity index is 1.88. The van der Waals surface area contributed by atoms with Crippen LogP contribution in [-0.2, 0) is 0 Å². The van der Waals surface area contributed by atoms with Gasteiger partial charge in [0.25, 0.3) is 0 Å². The second-order valence-corrected chi connectivity index (χ2v) is 5.98. The summed E-state index contributed by atoms with van der Waals surface area (Å²) < 4.78 is 0. The molecule has 0 radical (unpaired) electrons. The number of unbranched alkanes of at least 4 members (excludes halogenated alkanes) is 5. The number of nitrogens with one attached hydrogen (secondary N) is 1. The second-order valence-electron chi connectivity index (χ2n) is 5.98. The maximum Gasteiger partial charge on any atom is 0.0166 e. The zero-order valence-electron chi connectivity index (χ0n) is 12.7. The van der Waals surface area contributed by atoms with E-state index in [1.165, 1.54) is 84.0 Å². The quantitative estimate of drug-likeness (QED) is 0.596. The average Bonchev–Trinajstić information content (AvgIpc) is 2.39. The number of piperidine rings is 1. The van der Waals surface area contributed by atoms with E-state index in [4.69, 9.17) is 0 Å². The highest BCUT2D eigenvalue weighted by Crippen LogP contribution is 2.09. The van der Waals surface area contributed by atoms with Crippen molar-refractivity contribution in [3.8, 4) is 0 Å². The topological polar surface area (TPSA) is 15.3 Å². The van der Waals surface area contributed by atoms with Gasteiger partial charge in [-0.05, 0) is 45.8 Å². The van der Waals surface area contributed by atoms with E-state index in [-0.39, 0.29) is 0 Å². The van der Waals surface area contributed by atoms with E-state index < -0.39 is 0 Å².